The Hall–Kier alpha value is -4.24. The number of benzene rings is 3. The van der Waals surface area contributed by atoms with Crippen LogP contribution in [0.4, 0.5) is 15.8 Å². The monoisotopic (exact) mass is 514 g/mol. The second-order valence-corrected chi connectivity index (χ2v) is 9.67. The van der Waals surface area contributed by atoms with E-state index in [1.54, 1.807) is 23.0 Å². The van der Waals surface area contributed by atoms with E-state index in [1.165, 1.54) is 16.8 Å². The maximum absolute atomic E-state index is 13.4. The van der Waals surface area contributed by atoms with Gasteiger partial charge in [-0.1, -0.05) is 30.3 Å². The molecule has 1 saturated heterocycles. The maximum Gasteiger partial charge on any atom is 0.350 e. The molecule has 1 aliphatic heterocycles. The molecule has 1 unspecified atom stereocenters. The summed E-state index contributed by atoms with van der Waals surface area (Å²) in [7, 11) is 0. The second kappa shape index (κ2) is 11.0. The molecule has 0 bridgehead atoms. The van der Waals surface area contributed by atoms with Crippen molar-refractivity contribution in [1.29, 1.82) is 0 Å². The quantitative estimate of drug-likeness (QED) is 0.399. The lowest BCUT2D eigenvalue weighted by Crippen LogP contribution is -2.50. The molecule has 1 N–H and O–H groups in total. The minimum absolute atomic E-state index is 0.00296. The van der Waals surface area contributed by atoms with E-state index in [0.717, 1.165) is 30.0 Å². The van der Waals surface area contributed by atoms with Gasteiger partial charge in [0.25, 0.3) is 0 Å². The molecule has 1 fully saturated rings. The molecular formula is C29H31FN6O2. The fourth-order valence-corrected chi connectivity index (χ4v) is 4.82. The molecule has 1 aliphatic rings. The van der Waals surface area contributed by atoms with Crippen LogP contribution in [0.5, 0.6) is 0 Å². The van der Waals surface area contributed by atoms with E-state index < -0.39 is 6.04 Å². The summed E-state index contributed by atoms with van der Waals surface area (Å²) in [5.74, 6) is -0.488. The summed E-state index contributed by atoms with van der Waals surface area (Å²) in [4.78, 5) is 30.5. The molecule has 8 nitrogen and oxygen atoms in total. The minimum atomic E-state index is -0.463. The topological polar surface area (TPSA) is 75.4 Å². The van der Waals surface area contributed by atoms with E-state index in [1.807, 2.05) is 68.4 Å². The zero-order chi connectivity index (χ0) is 26.6. The molecule has 4 aromatic rings. The molecule has 3 aromatic carbocycles. The molecule has 5 rings (SSSR count). The van der Waals surface area contributed by atoms with Crippen molar-refractivity contribution in [2.75, 3.05) is 36.4 Å². The molecular weight excluding hydrogens is 483 g/mol. The molecule has 38 heavy (non-hydrogen) atoms. The summed E-state index contributed by atoms with van der Waals surface area (Å²) in [5.41, 5.74) is 3.15. The number of amides is 1. The van der Waals surface area contributed by atoms with Crippen LogP contribution in [0.3, 0.4) is 0 Å². The van der Waals surface area contributed by atoms with Crippen LogP contribution in [0.2, 0.25) is 0 Å². The Balaban J connectivity index is 1.28. The number of carbonyl (C=O) groups is 1. The Kier molecular flexibility index (Phi) is 7.37. The summed E-state index contributed by atoms with van der Waals surface area (Å²) >= 11 is 0. The number of rotatable bonds is 7. The van der Waals surface area contributed by atoms with Crippen molar-refractivity contribution in [2.24, 2.45) is 0 Å². The van der Waals surface area contributed by atoms with E-state index in [-0.39, 0.29) is 23.5 Å². The zero-order valence-corrected chi connectivity index (χ0v) is 21.5. The van der Waals surface area contributed by atoms with Crippen LogP contribution >= 0.6 is 0 Å². The molecule has 0 radical (unpaired) electrons. The molecule has 9 heteroatoms. The first kappa shape index (κ1) is 25.4. The number of piperazine rings is 1. The maximum atomic E-state index is 13.4. The normalized spacial score (nSPS) is 15.0. The highest BCUT2D eigenvalue weighted by atomic mass is 19.1. The van der Waals surface area contributed by atoms with Crippen LogP contribution in [0.25, 0.3) is 5.69 Å². The zero-order valence-electron chi connectivity index (χ0n) is 21.5. The van der Waals surface area contributed by atoms with Gasteiger partial charge in [-0.25, -0.2) is 18.4 Å². The van der Waals surface area contributed by atoms with Gasteiger partial charge in [0.05, 0.1) is 11.7 Å². The Morgan fingerprint density at radius 3 is 2.11 bits per heavy atom. The van der Waals surface area contributed by atoms with Gasteiger partial charge in [0.2, 0.25) is 5.91 Å². The third kappa shape index (κ3) is 5.38. The van der Waals surface area contributed by atoms with Crippen molar-refractivity contribution >= 4 is 17.3 Å². The first-order valence-corrected chi connectivity index (χ1v) is 12.8. The standard InChI is InChI=1S/C29H31FN6O2/c1-21(2)36-29(38)35(20-31-36)26-14-12-25(13-15-26)33-16-18-34(19-17-33)27(22-6-4-3-5-7-22)28(37)32-24-10-8-23(30)9-11-24/h3-15,20-21,27H,16-19H2,1-2H3,(H,32,37). The number of hydrogen-bond acceptors (Lipinski definition) is 5. The Labute approximate surface area is 220 Å². The third-order valence-corrected chi connectivity index (χ3v) is 6.83. The molecule has 196 valence electrons. The van der Waals surface area contributed by atoms with Crippen molar-refractivity contribution in [2.45, 2.75) is 25.9 Å². The third-order valence-electron chi connectivity index (χ3n) is 6.83. The van der Waals surface area contributed by atoms with Gasteiger partial charge < -0.3 is 10.2 Å². The van der Waals surface area contributed by atoms with Crippen LogP contribution < -0.4 is 15.9 Å². The molecule has 1 amide bonds. The Morgan fingerprint density at radius 2 is 1.50 bits per heavy atom. The SMILES string of the molecule is CC(C)n1ncn(-c2ccc(N3CCN(C(C(=O)Nc4ccc(F)cc4)c4ccccc4)CC3)cc2)c1=O. The van der Waals surface area contributed by atoms with Gasteiger partial charge in [0.1, 0.15) is 18.2 Å². The number of halogens is 1. The second-order valence-electron chi connectivity index (χ2n) is 9.67. The van der Waals surface area contributed by atoms with Gasteiger partial charge in [0, 0.05) is 37.6 Å². The van der Waals surface area contributed by atoms with Crippen molar-refractivity contribution in [3.8, 4) is 5.69 Å². The van der Waals surface area contributed by atoms with Gasteiger partial charge in [-0.2, -0.15) is 5.10 Å². The van der Waals surface area contributed by atoms with Gasteiger partial charge in [-0.15, -0.1) is 0 Å². The highest BCUT2D eigenvalue weighted by Crippen LogP contribution is 2.26. The average molecular weight is 515 g/mol. The van der Waals surface area contributed by atoms with E-state index in [9.17, 15) is 14.0 Å². The summed E-state index contributed by atoms with van der Waals surface area (Å²) in [6.07, 6.45) is 1.55. The largest absolute Gasteiger partial charge is 0.369 e. The van der Waals surface area contributed by atoms with Gasteiger partial charge in [-0.05, 0) is 67.9 Å². The predicted molar refractivity (Wildman–Crippen MR) is 146 cm³/mol. The number of nitrogens with one attached hydrogen (secondary N) is 1. The first-order valence-electron chi connectivity index (χ1n) is 12.8. The van der Waals surface area contributed by atoms with Crippen LogP contribution in [-0.4, -0.2) is 51.3 Å². The summed E-state index contributed by atoms with van der Waals surface area (Å²) < 4.78 is 16.3. The molecule has 0 spiro atoms. The molecule has 2 heterocycles. The fraction of sp³-hybridized carbons (Fsp3) is 0.276. The number of carbonyl (C=O) groups excluding carboxylic acids is 1. The Morgan fingerprint density at radius 1 is 0.868 bits per heavy atom. The Bertz CT molecular complexity index is 1420. The van der Waals surface area contributed by atoms with E-state index in [0.29, 0.717) is 18.8 Å². The summed E-state index contributed by atoms with van der Waals surface area (Å²) in [6.45, 7) is 6.74. The number of anilines is 2. The van der Waals surface area contributed by atoms with Crippen molar-refractivity contribution < 1.29 is 9.18 Å². The van der Waals surface area contributed by atoms with Crippen molar-refractivity contribution in [3.05, 3.63) is 107 Å². The lowest BCUT2D eigenvalue weighted by atomic mass is 10.0. The predicted octanol–water partition coefficient (Wildman–Crippen LogP) is 4.26. The van der Waals surface area contributed by atoms with Crippen molar-refractivity contribution in [1.82, 2.24) is 19.2 Å². The lowest BCUT2D eigenvalue weighted by molar-refractivity contribution is -0.121. The van der Waals surface area contributed by atoms with E-state index in [2.05, 4.69) is 20.2 Å². The van der Waals surface area contributed by atoms with Crippen LogP contribution in [-0.2, 0) is 4.79 Å². The molecule has 0 saturated carbocycles. The number of nitrogens with zero attached hydrogens (tertiary/aromatic N) is 5. The van der Waals surface area contributed by atoms with Gasteiger partial charge in [0.15, 0.2) is 0 Å². The first-order chi connectivity index (χ1) is 18.4. The van der Waals surface area contributed by atoms with Crippen molar-refractivity contribution in [3.63, 3.8) is 0 Å². The lowest BCUT2D eigenvalue weighted by Gasteiger charge is -2.39. The smallest absolute Gasteiger partial charge is 0.350 e. The van der Waals surface area contributed by atoms with Crippen LogP contribution in [0.15, 0.2) is 90.0 Å². The van der Waals surface area contributed by atoms with Crippen LogP contribution in [0, 0.1) is 5.82 Å². The summed E-state index contributed by atoms with van der Waals surface area (Å²) in [5, 5.41) is 7.15. The van der Waals surface area contributed by atoms with Gasteiger partial charge >= 0.3 is 5.69 Å². The molecule has 1 aromatic heterocycles. The summed E-state index contributed by atoms with van der Waals surface area (Å²) in [6, 6.07) is 23.0. The van der Waals surface area contributed by atoms with Gasteiger partial charge in [-0.3, -0.25) is 9.69 Å². The molecule has 1 atom stereocenters. The highest BCUT2D eigenvalue weighted by molar-refractivity contribution is 5.95. The number of hydrogen-bond donors (Lipinski definition) is 1. The van der Waals surface area contributed by atoms with E-state index in [4.69, 9.17) is 0 Å². The molecule has 0 aliphatic carbocycles. The minimum Gasteiger partial charge on any atom is -0.369 e. The average Bonchev–Trinajstić information content (AvgIpc) is 3.33. The van der Waals surface area contributed by atoms with E-state index >= 15 is 0 Å². The van der Waals surface area contributed by atoms with Crippen LogP contribution in [0.1, 0.15) is 31.5 Å². The number of aromatic nitrogens is 3. The fourth-order valence-electron chi connectivity index (χ4n) is 4.82. The highest BCUT2D eigenvalue weighted by Gasteiger charge is 2.30.